The molecule has 1 aromatic heterocycles. The molecule has 1 aliphatic heterocycles. The number of hydrogen-bond acceptors (Lipinski definition) is 4. The summed E-state index contributed by atoms with van der Waals surface area (Å²) in [6, 6.07) is 2.01. The summed E-state index contributed by atoms with van der Waals surface area (Å²) >= 11 is 0. The smallest absolute Gasteiger partial charge is 0.194 e. The molecule has 23 heavy (non-hydrogen) atoms. The molecule has 1 atom stereocenters. The van der Waals surface area contributed by atoms with Crippen LogP contribution in [0, 0.1) is 5.92 Å². The van der Waals surface area contributed by atoms with Crippen molar-refractivity contribution < 1.29 is 9.26 Å². The van der Waals surface area contributed by atoms with E-state index in [1.807, 2.05) is 20.0 Å². The molecule has 0 saturated carbocycles. The van der Waals surface area contributed by atoms with Crippen LogP contribution in [0.25, 0.3) is 0 Å². The minimum absolute atomic E-state index is 0. The predicted octanol–water partition coefficient (Wildman–Crippen LogP) is 2.85. The van der Waals surface area contributed by atoms with Crippen molar-refractivity contribution in [1.29, 1.82) is 0 Å². The third-order valence-corrected chi connectivity index (χ3v) is 3.94. The van der Waals surface area contributed by atoms with Crippen molar-refractivity contribution in [2.24, 2.45) is 10.9 Å². The minimum Gasteiger partial charge on any atom is -0.381 e. The van der Waals surface area contributed by atoms with Crippen LogP contribution >= 0.6 is 24.0 Å². The molecule has 2 rings (SSSR count). The fourth-order valence-electron chi connectivity index (χ4n) is 2.63. The molecule has 0 bridgehead atoms. The molecule has 1 aromatic rings. The maximum absolute atomic E-state index is 5.52. The first-order valence-corrected chi connectivity index (χ1v) is 8.12. The van der Waals surface area contributed by atoms with E-state index in [1.54, 1.807) is 0 Å². The fraction of sp³-hybridized carbons (Fsp3) is 0.750. The van der Waals surface area contributed by atoms with Gasteiger partial charge in [-0.15, -0.1) is 24.0 Å². The molecule has 7 heteroatoms. The van der Waals surface area contributed by atoms with E-state index in [0.717, 1.165) is 50.1 Å². The summed E-state index contributed by atoms with van der Waals surface area (Å²) in [5, 5.41) is 7.44. The van der Waals surface area contributed by atoms with Gasteiger partial charge in [-0.1, -0.05) is 19.0 Å². The van der Waals surface area contributed by atoms with Gasteiger partial charge in [0, 0.05) is 38.7 Å². The Balaban J connectivity index is 0.00000264. The van der Waals surface area contributed by atoms with E-state index < -0.39 is 0 Å². The van der Waals surface area contributed by atoms with Gasteiger partial charge < -0.3 is 19.5 Å². The molecule has 0 aliphatic carbocycles. The van der Waals surface area contributed by atoms with Crippen LogP contribution in [-0.4, -0.2) is 49.4 Å². The Morgan fingerprint density at radius 2 is 2.35 bits per heavy atom. The van der Waals surface area contributed by atoms with Crippen LogP contribution in [0.15, 0.2) is 15.6 Å². The zero-order chi connectivity index (χ0) is 15.9. The second kappa shape index (κ2) is 10.1. The number of nitrogens with one attached hydrogen (secondary N) is 1. The Labute approximate surface area is 156 Å². The number of nitrogens with zero attached hydrogens (tertiary/aromatic N) is 3. The average Bonchev–Trinajstić information content (AvgIpc) is 3.15. The molecule has 0 radical (unpaired) electrons. The van der Waals surface area contributed by atoms with E-state index in [4.69, 9.17) is 9.26 Å². The van der Waals surface area contributed by atoms with Crippen LogP contribution in [0.2, 0.25) is 0 Å². The quantitative estimate of drug-likeness (QED) is 0.422. The van der Waals surface area contributed by atoms with E-state index >= 15 is 0 Å². The zero-order valence-electron chi connectivity index (χ0n) is 14.5. The first-order valence-electron chi connectivity index (χ1n) is 8.12. The summed E-state index contributed by atoms with van der Waals surface area (Å²) in [5.41, 5.74) is 0.990. The number of guanidine groups is 1. The molecule has 1 fully saturated rings. The Kier molecular flexibility index (Phi) is 8.90. The van der Waals surface area contributed by atoms with Crippen molar-refractivity contribution in [2.45, 2.75) is 39.7 Å². The molecule has 6 nitrogen and oxygen atoms in total. The van der Waals surface area contributed by atoms with Crippen molar-refractivity contribution >= 4 is 29.9 Å². The monoisotopic (exact) mass is 436 g/mol. The van der Waals surface area contributed by atoms with E-state index in [0.29, 0.717) is 18.4 Å². The molecule has 0 spiro atoms. The summed E-state index contributed by atoms with van der Waals surface area (Å²) in [6.07, 6.45) is 1.15. The lowest BCUT2D eigenvalue weighted by molar-refractivity contribution is 0.114. The molecule has 1 unspecified atom stereocenters. The summed E-state index contributed by atoms with van der Waals surface area (Å²) in [4.78, 5) is 6.65. The second-order valence-electron chi connectivity index (χ2n) is 6.03. The highest BCUT2D eigenvalue weighted by Gasteiger charge is 2.25. The number of rotatable bonds is 6. The summed E-state index contributed by atoms with van der Waals surface area (Å²) in [7, 11) is 1.82. The third kappa shape index (κ3) is 5.95. The van der Waals surface area contributed by atoms with Crippen LogP contribution in [-0.2, 0) is 11.3 Å². The van der Waals surface area contributed by atoms with E-state index in [2.05, 4.69) is 34.2 Å². The summed E-state index contributed by atoms with van der Waals surface area (Å²) in [5.74, 6) is 2.74. The molecule has 0 aromatic carbocycles. The SMILES string of the molecule is CCOCC1CCN(C(=NC)NCc2cc(C(C)C)no2)C1.I. The maximum Gasteiger partial charge on any atom is 0.194 e. The van der Waals surface area contributed by atoms with Gasteiger partial charge in [0.2, 0.25) is 0 Å². The van der Waals surface area contributed by atoms with Crippen LogP contribution in [0.5, 0.6) is 0 Å². The normalized spacial score (nSPS) is 18.4. The van der Waals surface area contributed by atoms with Gasteiger partial charge in [0.1, 0.15) is 0 Å². The van der Waals surface area contributed by atoms with Crippen molar-refractivity contribution in [3.8, 4) is 0 Å². The highest BCUT2D eigenvalue weighted by molar-refractivity contribution is 14.0. The highest BCUT2D eigenvalue weighted by atomic mass is 127. The van der Waals surface area contributed by atoms with Gasteiger partial charge in [-0.05, 0) is 19.3 Å². The van der Waals surface area contributed by atoms with Crippen molar-refractivity contribution in [1.82, 2.24) is 15.4 Å². The lowest BCUT2D eigenvalue weighted by atomic mass is 10.1. The zero-order valence-corrected chi connectivity index (χ0v) is 16.9. The van der Waals surface area contributed by atoms with Crippen LogP contribution in [0.3, 0.4) is 0 Å². The van der Waals surface area contributed by atoms with Crippen molar-refractivity contribution in [2.75, 3.05) is 33.4 Å². The molecule has 0 amide bonds. The van der Waals surface area contributed by atoms with Gasteiger partial charge in [-0.2, -0.15) is 0 Å². The molecule has 2 heterocycles. The molecule has 1 aliphatic rings. The van der Waals surface area contributed by atoms with E-state index in [9.17, 15) is 0 Å². The molecular formula is C16H29IN4O2. The summed E-state index contributed by atoms with van der Waals surface area (Å²) in [6.45, 7) is 10.5. The maximum atomic E-state index is 5.52. The van der Waals surface area contributed by atoms with Gasteiger partial charge in [0.15, 0.2) is 11.7 Å². The number of hydrogen-bond donors (Lipinski definition) is 1. The summed E-state index contributed by atoms with van der Waals surface area (Å²) < 4.78 is 10.9. The van der Waals surface area contributed by atoms with E-state index in [1.165, 1.54) is 0 Å². The molecule has 1 N–H and O–H groups in total. The van der Waals surface area contributed by atoms with Gasteiger partial charge in [0.05, 0.1) is 18.8 Å². The van der Waals surface area contributed by atoms with Crippen LogP contribution in [0.4, 0.5) is 0 Å². The van der Waals surface area contributed by atoms with Gasteiger partial charge in [-0.3, -0.25) is 4.99 Å². The van der Waals surface area contributed by atoms with Crippen molar-refractivity contribution in [3.05, 3.63) is 17.5 Å². The standard InChI is InChI=1S/C16H28N4O2.HI/c1-5-21-11-13-6-7-20(10-13)16(17-4)18-9-14-8-15(12(2)3)19-22-14;/h8,12-13H,5-7,9-11H2,1-4H3,(H,17,18);1H. The first-order chi connectivity index (χ1) is 10.6. The topological polar surface area (TPSA) is 62.9 Å². The lowest BCUT2D eigenvalue weighted by Crippen LogP contribution is -2.39. The Morgan fingerprint density at radius 1 is 1.57 bits per heavy atom. The number of likely N-dealkylation sites (tertiary alicyclic amines) is 1. The molecule has 1 saturated heterocycles. The van der Waals surface area contributed by atoms with Gasteiger partial charge in [0.25, 0.3) is 0 Å². The highest BCUT2D eigenvalue weighted by Crippen LogP contribution is 2.17. The number of aromatic nitrogens is 1. The van der Waals surface area contributed by atoms with Gasteiger partial charge >= 0.3 is 0 Å². The van der Waals surface area contributed by atoms with E-state index in [-0.39, 0.29) is 24.0 Å². The second-order valence-corrected chi connectivity index (χ2v) is 6.03. The minimum atomic E-state index is 0. The molecule has 132 valence electrons. The largest absolute Gasteiger partial charge is 0.381 e. The van der Waals surface area contributed by atoms with Crippen LogP contribution in [0.1, 0.15) is 44.6 Å². The first kappa shape index (κ1) is 20.2. The van der Waals surface area contributed by atoms with Crippen molar-refractivity contribution in [3.63, 3.8) is 0 Å². The Bertz CT molecular complexity index is 490. The molecular weight excluding hydrogens is 407 g/mol. The predicted molar refractivity (Wildman–Crippen MR) is 102 cm³/mol. The fourth-order valence-corrected chi connectivity index (χ4v) is 2.63. The number of ether oxygens (including phenoxy) is 1. The Hall–Kier alpha value is -0.830. The van der Waals surface area contributed by atoms with Gasteiger partial charge in [-0.25, -0.2) is 0 Å². The van der Waals surface area contributed by atoms with Crippen LogP contribution < -0.4 is 5.32 Å². The average molecular weight is 436 g/mol. The Morgan fingerprint density at radius 3 is 2.96 bits per heavy atom. The number of halogens is 1. The third-order valence-electron chi connectivity index (χ3n) is 3.94. The number of aliphatic imine (C=N–C) groups is 1. The lowest BCUT2D eigenvalue weighted by Gasteiger charge is -2.21.